The van der Waals surface area contributed by atoms with Crippen molar-refractivity contribution in [2.75, 3.05) is 0 Å². The van der Waals surface area contributed by atoms with E-state index >= 15 is 0 Å². The van der Waals surface area contributed by atoms with E-state index in [1.165, 1.54) is 28.5 Å². The van der Waals surface area contributed by atoms with Gasteiger partial charge >= 0.3 is 0 Å². The third kappa shape index (κ3) is 4.85. The van der Waals surface area contributed by atoms with E-state index in [0.29, 0.717) is 17.5 Å². The Bertz CT molecular complexity index is 2270. The van der Waals surface area contributed by atoms with Crippen LogP contribution in [0.2, 0.25) is 0 Å². The van der Waals surface area contributed by atoms with Crippen molar-refractivity contribution < 1.29 is 4.39 Å². The quantitative estimate of drug-likeness (QED) is 0.203. The van der Waals surface area contributed by atoms with Gasteiger partial charge in [-0.15, -0.1) is 0 Å². The lowest BCUT2D eigenvalue weighted by Crippen LogP contribution is -2.04. The molecular weight excluding hydrogens is 555 g/mol. The summed E-state index contributed by atoms with van der Waals surface area (Å²) < 4.78 is 16.2. The van der Waals surface area contributed by atoms with Gasteiger partial charge in [-0.1, -0.05) is 109 Å². The number of para-hydroxylation sites is 1. The predicted molar refractivity (Wildman–Crippen MR) is 181 cm³/mol. The molecule has 0 radical (unpaired) electrons. The van der Waals surface area contributed by atoms with Crippen LogP contribution in [0, 0.1) is 12.7 Å². The van der Waals surface area contributed by atoms with Crippen molar-refractivity contribution in [3.05, 3.63) is 157 Å². The van der Waals surface area contributed by atoms with Crippen LogP contribution < -0.4 is 0 Å². The maximum absolute atomic E-state index is 13.9. The number of hydrogen-bond acceptors (Lipinski definition) is 3. The van der Waals surface area contributed by atoms with Gasteiger partial charge in [0.1, 0.15) is 5.82 Å². The summed E-state index contributed by atoms with van der Waals surface area (Å²) in [6.07, 6.45) is 0. The van der Waals surface area contributed by atoms with E-state index in [2.05, 4.69) is 72.2 Å². The van der Waals surface area contributed by atoms with Crippen LogP contribution in [0.3, 0.4) is 0 Å². The molecule has 0 aliphatic rings. The lowest BCUT2D eigenvalue weighted by molar-refractivity contribution is 0.628. The van der Waals surface area contributed by atoms with E-state index in [1.807, 2.05) is 72.8 Å². The van der Waals surface area contributed by atoms with Gasteiger partial charge in [0.05, 0.1) is 16.7 Å². The van der Waals surface area contributed by atoms with E-state index in [1.54, 1.807) is 0 Å². The average molecular weight is 583 g/mol. The molecule has 0 saturated heterocycles. The fourth-order valence-electron chi connectivity index (χ4n) is 6.00. The Hall–Kier alpha value is -5.94. The summed E-state index contributed by atoms with van der Waals surface area (Å²) in [5, 5.41) is 2.34. The Morgan fingerprint density at radius 2 is 1.04 bits per heavy atom. The molecule has 5 heteroatoms. The van der Waals surface area contributed by atoms with Crippen molar-refractivity contribution in [1.82, 2.24) is 19.5 Å². The molecular formula is C40H27FN4. The van der Waals surface area contributed by atoms with Crippen molar-refractivity contribution in [3.8, 4) is 51.0 Å². The fraction of sp³-hybridized carbons (Fsp3) is 0.0250. The molecule has 45 heavy (non-hydrogen) atoms. The maximum Gasteiger partial charge on any atom is 0.166 e. The van der Waals surface area contributed by atoms with Gasteiger partial charge in [0.15, 0.2) is 17.5 Å². The monoisotopic (exact) mass is 582 g/mol. The molecule has 0 saturated carbocycles. The first kappa shape index (κ1) is 26.7. The average Bonchev–Trinajstić information content (AvgIpc) is 3.42. The van der Waals surface area contributed by atoms with Gasteiger partial charge < -0.3 is 4.57 Å². The number of aryl methyl sites for hydroxylation is 1. The summed E-state index contributed by atoms with van der Waals surface area (Å²) in [4.78, 5) is 15.1. The van der Waals surface area contributed by atoms with Crippen molar-refractivity contribution in [3.63, 3.8) is 0 Å². The molecule has 0 unspecified atom stereocenters. The molecule has 0 bridgehead atoms. The number of halogens is 1. The summed E-state index contributed by atoms with van der Waals surface area (Å²) in [6.45, 7) is 2.12. The second kappa shape index (κ2) is 11.0. The second-order valence-corrected chi connectivity index (χ2v) is 11.2. The van der Waals surface area contributed by atoms with Crippen LogP contribution in [0.4, 0.5) is 4.39 Å². The molecule has 0 atom stereocenters. The molecule has 4 nitrogen and oxygen atoms in total. The van der Waals surface area contributed by atoms with Crippen molar-refractivity contribution in [2.24, 2.45) is 0 Å². The van der Waals surface area contributed by atoms with Crippen LogP contribution in [0.1, 0.15) is 5.56 Å². The van der Waals surface area contributed by atoms with Crippen LogP contribution in [0.5, 0.6) is 0 Å². The Balaban J connectivity index is 1.45. The highest BCUT2D eigenvalue weighted by molar-refractivity contribution is 6.10. The van der Waals surface area contributed by atoms with E-state index in [4.69, 9.17) is 15.0 Å². The number of fused-ring (bicyclic) bond motifs is 3. The van der Waals surface area contributed by atoms with Crippen molar-refractivity contribution >= 4 is 21.8 Å². The van der Waals surface area contributed by atoms with Gasteiger partial charge in [0.25, 0.3) is 0 Å². The minimum Gasteiger partial charge on any atom is -0.308 e. The Kier molecular flexibility index (Phi) is 6.50. The normalized spacial score (nSPS) is 11.3. The minimum absolute atomic E-state index is 0.263. The molecule has 2 aromatic heterocycles. The van der Waals surface area contributed by atoms with E-state index in [0.717, 1.165) is 44.5 Å². The Morgan fingerprint density at radius 3 is 1.73 bits per heavy atom. The lowest BCUT2D eigenvalue weighted by atomic mass is 10.0. The van der Waals surface area contributed by atoms with Crippen LogP contribution >= 0.6 is 0 Å². The Morgan fingerprint density at radius 1 is 0.467 bits per heavy atom. The summed E-state index contributed by atoms with van der Waals surface area (Å²) >= 11 is 0. The largest absolute Gasteiger partial charge is 0.308 e. The Labute approximate surface area is 260 Å². The van der Waals surface area contributed by atoms with Gasteiger partial charge in [-0.25, -0.2) is 19.3 Å². The molecule has 0 N–H and O–H groups in total. The van der Waals surface area contributed by atoms with Gasteiger partial charge in [0, 0.05) is 27.5 Å². The van der Waals surface area contributed by atoms with E-state index in [-0.39, 0.29) is 5.82 Å². The first-order chi connectivity index (χ1) is 22.1. The molecule has 8 aromatic rings. The van der Waals surface area contributed by atoms with Crippen molar-refractivity contribution in [2.45, 2.75) is 6.92 Å². The minimum atomic E-state index is -0.263. The third-order valence-corrected chi connectivity index (χ3v) is 8.18. The van der Waals surface area contributed by atoms with Crippen LogP contribution in [0.15, 0.2) is 146 Å². The van der Waals surface area contributed by atoms with Crippen LogP contribution in [-0.4, -0.2) is 19.5 Å². The maximum atomic E-state index is 13.9. The van der Waals surface area contributed by atoms with Crippen molar-refractivity contribution in [1.29, 1.82) is 0 Å². The van der Waals surface area contributed by atoms with Crippen LogP contribution in [0.25, 0.3) is 72.8 Å². The fourth-order valence-corrected chi connectivity index (χ4v) is 6.00. The summed E-state index contributed by atoms with van der Waals surface area (Å²) in [5.41, 5.74) is 8.86. The molecule has 0 aliphatic heterocycles. The van der Waals surface area contributed by atoms with E-state index in [9.17, 15) is 4.39 Å². The molecule has 6 aromatic carbocycles. The number of benzene rings is 6. The highest BCUT2D eigenvalue weighted by atomic mass is 19.1. The number of aromatic nitrogens is 4. The van der Waals surface area contributed by atoms with Gasteiger partial charge in [0.2, 0.25) is 0 Å². The molecule has 0 fully saturated rings. The van der Waals surface area contributed by atoms with Gasteiger partial charge in [-0.05, 0) is 60.5 Å². The highest BCUT2D eigenvalue weighted by Gasteiger charge is 2.20. The zero-order valence-electron chi connectivity index (χ0n) is 24.5. The summed E-state index contributed by atoms with van der Waals surface area (Å²) in [7, 11) is 0. The molecule has 0 aliphatic carbocycles. The van der Waals surface area contributed by atoms with Gasteiger partial charge in [-0.2, -0.15) is 0 Å². The van der Waals surface area contributed by atoms with E-state index < -0.39 is 0 Å². The number of rotatable bonds is 5. The van der Waals surface area contributed by atoms with Gasteiger partial charge in [-0.3, -0.25) is 0 Å². The highest BCUT2D eigenvalue weighted by Crippen LogP contribution is 2.38. The SMILES string of the molecule is Cc1ccc2c(c1)c1ccccc1n2-c1cc(-c2ccc(F)cc2)ccc1-c1nc(-c2ccccc2)nc(-c2ccccc2)n1. The molecule has 0 amide bonds. The smallest absolute Gasteiger partial charge is 0.166 e. The predicted octanol–water partition coefficient (Wildman–Crippen LogP) is 10.1. The first-order valence-electron chi connectivity index (χ1n) is 14.9. The third-order valence-electron chi connectivity index (χ3n) is 8.18. The summed E-state index contributed by atoms with van der Waals surface area (Å²) in [6, 6.07) is 47.9. The second-order valence-electron chi connectivity index (χ2n) is 11.2. The lowest BCUT2D eigenvalue weighted by Gasteiger charge is -2.16. The zero-order chi connectivity index (χ0) is 30.3. The number of hydrogen-bond donors (Lipinski definition) is 0. The van der Waals surface area contributed by atoms with Crippen LogP contribution in [-0.2, 0) is 0 Å². The summed E-state index contributed by atoms with van der Waals surface area (Å²) in [5.74, 6) is 1.51. The number of nitrogens with zero attached hydrogens (tertiary/aromatic N) is 4. The standard InChI is InChI=1S/C40H27FN4/c1-26-16-23-36-34(24-26)32-14-8-9-15-35(32)45(36)37-25-30(27-17-20-31(41)21-18-27)19-22-33(37)40-43-38(28-10-4-2-5-11-28)42-39(44-40)29-12-6-3-7-13-29/h2-25H,1H3. The molecule has 0 spiro atoms. The molecule has 214 valence electrons. The molecule has 2 heterocycles. The molecule has 8 rings (SSSR count). The zero-order valence-corrected chi connectivity index (χ0v) is 24.5. The topological polar surface area (TPSA) is 43.6 Å². The first-order valence-corrected chi connectivity index (χ1v) is 14.9.